The average molecular weight is 282 g/mol. The molecule has 0 aliphatic carbocycles. The first-order chi connectivity index (χ1) is 10.1. The number of nitrogens with zero attached hydrogens (tertiary/aromatic N) is 1. The molecule has 0 bridgehead atoms. The molecule has 21 heavy (non-hydrogen) atoms. The number of anilines is 3. The fourth-order valence-electron chi connectivity index (χ4n) is 2.11. The molecule has 0 unspecified atom stereocenters. The average Bonchev–Trinajstić information content (AvgIpc) is 2.82. The van der Waals surface area contributed by atoms with Crippen LogP contribution in [0.3, 0.4) is 0 Å². The molecule has 0 aliphatic heterocycles. The van der Waals surface area contributed by atoms with E-state index in [0.717, 1.165) is 22.5 Å². The Morgan fingerprint density at radius 3 is 2.62 bits per heavy atom. The van der Waals surface area contributed by atoms with E-state index in [9.17, 15) is 0 Å². The number of benzene rings is 2. The zero-order valence-electron chi connectivity index (χ0n) is 12.1. The number of aromatic nitrogens is 2. The number of nitrogens with two attached hydrogens (primary N) is 1. The summed E-state index contributed by atoms with van der Waals surface area (Å²) in [4.78, 5) is 7.66. The lowest BCUT2D eigenvalue weighted by Crippen LogP contribution is -2.05. The number of H-pyrrole nitrogens is 1. The van der Waals surface area contributed by atoms with Crippen molar-refractivity contribution in [3.05, 3.63) is 42.5 Å². The number of hydrogen-bond donors (Lipinski definition) is 3. The lowest BCUT2D eigenvalue weighted by Gasteiger charge is -2.10. The van der Waals surface area contributed by atoms with Crippen LogP contribution >= 0.6 is 0 Å². The minimum atomic E-state index is 0.171. The summed E-state index contributed by atoms with van der Waals surface area (Å²) in [5.41, 5.74) is 9.21. The first kappa shape index (κ1) is 13.3. The molecule has 0 saturated carbocycles. The van der Waals surface area contributed by atoms with Gasteiger partial charge in [0.15, 0.2) is 0 Å². The summed E-state index contributed by atoms with van der Waals surface area (Å²) in [5, 5.41) is 3.23. The molecule has 5 nitrogen and oxygen atoms in total. The summed E-state index contributed by atoms with van der Waals surface area (Å²) in [5.74, 6) is 1.54. The predicted molar refractivity (Wildman–Crippen MR) is 86.0 cm³/mol. The quantitative estimate of drug-likeness (QED) is 0.638. The Labute approximate surface area is 123 Å². The first-order valence-electron chi connectivity index (χ1n) is 6.89. The highest BCUT2D eigenvalue weighted by atomic mass is 16.5. The fraction of sp³-hybridized carbons (Fsp3) is 0.188. The molecule has 2 aromatic carbocycles. The van der Waals surface area contributed by atoms with Crippen molar-refractivity contribution in [2.45, 2.75) is 20.0 Å². The Morgan fingerprint density at radius 1 is 1.14 bits per heavy atom. The van der Waals surface area contributed by atoms with Crippen molar-refractivity contribution in [3.8, 4) is 5.75 Å². The molecule has 0 fully saturated rings. The van der Waals surface area contributed by atoms with Crippen LogP contribution in [0.2, 0.25) is 0 Å². The van der Waals surface area contributed by atoms with Gasteiger partial charge in [-0.1, -0.05) is 0 Å². The van der Waals surface area contributed by atoms with Gasteiger partial charge in [0.2, 0.25) is 5.95 Å². The Hall–Kier alpha value is -2.69. The van der Waals surface area contributed by atoms with Crippen LogP contribution in [0.1, 0.15) is 13.8 Å². The highest BCUT2D eigenvalue weighted by Gasteiger charge is 2.04. The molecular formula is C16H18N4O. The van der Waals surface area contributed by atoms with Crippen molar-refractivity contribution in [3.63, 3.8) is 0 Å². The van der Waals surface area contributed by atoms with Gasteiger partial charge in [-0.15, -0.1) is 0 Å². The summed E-state index contributed by atoms with van der Waals surface area (Å²) in [6.07, 6.45) is 0.171. The van der Waals surface area contributed by atoms with E-state index >= 15 is 0 Å². The van der Waals surface area contributed by atoms with E-state index in [0.29, 0.717) is 11.6 Å². The van der Waals surface area contributed by atoms with Crippen LogP contribution < -0.4 is 15.8 Å². The van der Waals surface area contributed by atoms with E-state index in [4.69, 9.17) is 10.5 Å². The van der Waals surface area contributed by atoms with Crippen molar-refractivity contribution < 1.29 is 4.74 Å². The van der Waals surface area contributed by atoms with Gasteiger partial charge in [-0.2, -0.15) is 0 Å². The van der Waals surface area contributed by atoms with E-state index in [1.165, 1.54) is 0 Å². The van der Waals surface area contributed by atoms with E-state index in [2.05, 4.69) is 15.3 Å². The van der Waals surface area contributed by atoms with Crippen LogP contribution in [-0.4, -0.2) is 16.1 Å². The Balaban J connectivity index is 1.78. The molecule has 1 aromatic heterocycles. The minimum Gasteiger partial charge on any atom is -0.491 e. The van der Waals surface area contributed by atoms with Crippen LogP contribution in [0.5, 0.6) is 5.75 Å². The largest absolute Gasteiger partial charge is 0.491 e. The van der Waals surface area contributed by atoms with Gasteiger partial charge in [0.25, 0.3) is 0 Å². The highest BCUT2D eigenvalue weighted by molar-refractivity contribution is 5.81. The Bertz CT molecular complexity index is 747. The predicted octanol–water partition coefficient (Wildman–Crippen LogP) is 3.68. The molecule has 3 rings (SSSR count). The van der Waals surface area contributed by atoms with Crippen LogP contribution in [0.15, 0.2) is 42.5 Å². The maximum Gasteiger partial charge on any atom is 0.205 e. The maximum absolute atomic E-state index is 5.76. The number of rotatable bonds is 4. The van der Waals surface area contributed by atoms with E-state index in [1.807, 2.05) is 56.3 Å². The van der Waals surface area contributed by atoms with Crippen molar-refractivity contribution >= 4 is 28.4 Å². The molecule has 0 aliphatic rings. The second-order valence-corrected chi connectivity index (χ2v) is 5.18. The molecule has 5 heteroatoms. The van der Waals surface area contributed by atoms with Gasteiger partial charge in [0.05, 0.1) is 17.1 Å². The third kappa shape index (κ3) is 3.08. The van der Waals surface area contributed by atoms with Crippen molar-refractivity contribution in [2.75, 3.05) is 11.1 Å². The number of imidazole rings is 1. The van der Waals surface area contributed by atoms with Crippen molar-refractivity contribution in [1.29, 1.82) is 0 Å². The Kier molecular flexibility index (Phi) is 3.39. The summed E-state index contributed by atoms with van der Waals surface area (Å²) in [7, 11) is 0. The number of hydrogen-bond acceptors (Lipinski definition) is 4. The second kappa shape index (κ2) is 5.36. The third-order valence-electron chi connectivity index (χ3n) is 2.99. The summed E-state index contributed by atoms with van der Waals surface area (Å²) in [6, 6.07) is 13.4. The number of nitrogen functional groups attached to an aromatic ring is 1. The number of ether oxygens (including phenoxy) is 1. The van der Waals surface area contributed by atoms with Gasteiger partial charge in [0.1, 0.15) is 5.75 Å². The smallest absolute Gasteiger partial charge is 0.205 e. The number of fused-ring (bicyclic) bond motifs is 1. The SMILES string of the molecule is CC(C)Oc1ccc(Nc2nc3ccc(N)cc3[nH]2)cc1. The molecule has 108 valence electrons. The maximum atomic E-state index is 5.76. The summed E-state index contributed by atoms with van der Waals surface area (Å²) in [6.45, 7) is 4.01. The Morgan fingerprint density at radius 2 is 1.90 bits per heavy atom. The molecule has 0 saturated heterocycles. The molecule has 3 aromatic rings. The van der Waals surface area contributed by atoms with E-state index in [-0.39, 0.29) is 6.10 Å². The van der Waals surface area contributed by atoms with Crippen molar-refractivity contribution in [1.82, 2.24) is 9.97 Å². The van der Waals surface area contributed by atoms with Gasteiger partial charge in [-0.05, 0) is 56.3 Å². The highest BCUT2D eigenvalue weighted by Crippen LogP contribution is 2.22. The normalized spacial score (nSPS) is 11.0. The zero-order valence-corrected chi connectivity index (χ0v) is 12.1. The van der Waals surface area contributed by atoms with Crippen LogP contribution in [-0.2, 0) is 0 Å². The van der Waals surface area contributed by atoms with Gasteiger partial charge in [0, 0.05) is 11.4 Å². The molecule has 0 spiro atoms. The van der Waals surface area contributed by atoms with Crippen molar-refractivity contribution in [2.24, 2.45) is 0 Å². The molecule has 0 radical (unpaired) electrons. The monoisotopic (exact) mass is 282 g/mol. The standard InChI is InChI=1S/C16H18N4O/c1-10(2)21-13-6-4-12(5-7-13)18-16-19-14-8-3-11(17)9-15(14)20-16/h3-10H,17H2,1-2H3,(H2,18,19,20). The molecular weight excluding hydrogens is 264 g/mol. The summed E-state index contributed by atoms with van der Waals surface area (Å²) >= 11 is 0. The zero-order chi connectivity index (χ0) is 14.8. The van der Waals surface area contributed by atoms with Gasteiger partial charge in [-0.25, -0.2) is 4.98 Å². The van der Waals surface area contributed by atoms with E-state index in [1.54, 1.807) is 0 Å². The van der Waals surface area contributed by atoms with Crippen LogP contribution in [0.25, 0.3) is 11.0 Å². The van der Waals surface area contributed by atoms with Crippen LogP contribution in [0.4, 0.5) is 17.3 Å². The van der Waals surface area contributed by atoms with Gasteiger partial charge >= 0.3 is 0 Å². The van der Waals surface area contributed by atoms with Gasteiger partial charge < -0.3 is 20.8 Å². The van der Waals surface area contributed by atoms with Gasteiger partial charge in [-0.3, -0.25) is 0 Å². The lowest BCUT2D eigenvalue weighted by atomic mass is 10.3. The fourth-order valence-corrected chi connectivity index (χ4v) is 2.11. The molecule has 0 atom stereocenters. The van der Waals surface area contributed by atoms with Crippen LogP contribution in [0, 0.1) is 0 Å². The number of nitrogens with one attached hydrogen (secondary N) is 2. The third-order valence-corrected chi connectivity index (χ3v) is 2.99. The second-order valence-electron chi connectivity index (χ2n) is 5.18. The number of aromatic amines is 1. The minimum absolute atomic E-state index is 0.171. The lowest BCUT2D eigenvalue weighted by molar-refractivity contribution is 0.242. The first-order valence-corrected chi connectivity index (χ1v) is 6.89. The molecule has 4 N–H and O–H groups in total. The summed E-state index contributed by atoms with van der Waals surface area (Å²) < 4.78 is 5.62. The molecule has 0 amide bonds. The molecule has 1 heterocycles. The topological polar surface area (TPSA) is 76.0 Å². The van der Waals surface area contributed by atoms with E-state index < -0.39 is 0 Å².